The van der Waals surface area contributed by atoms with Crippen LogP contribution >= 0.6 is 0 Å². The van der Waals surface area contributed by atoms with Gasteiger partial charge in [-0.05, 0) is 58.3 Å². The smallest absolute Gasteiger partial charge is 0.192 e. The molecule has 1 aliphatic carbocycles. The average Bonchev–Trinajstić information content (AvgIpc) is 3.49. The molecule has 168 valence electrons. The topological polar surface area (TPSA) is 49.7 Å². The molecule has 3 atom stereocenters. The second-order valence-electron chi connectivity index (χ2n) is 9.86. The molecule has 1 saturated carbocycles. The summed E-state index contributed by atoms with van der Waals surface area (Å²) in [5, 5.41) is 22.3. The van der Waals surface area contributed by atoms with Gasteiger partial charge in [0.05, 0.1) is 5.60 Å². The zero-order chi connectivity index (χ0) is 23.3. The Morgan fingerprint density at radius 2 is 1.87 bits per heavy atom. The highest BCUT2D eigenvalue weighted by molar-refractivity contribution is 6.71. The number of allylic oxidation sites excluding steroid dienone is 1. The van der Waals surface area contributed by atoms with Crippen molar-refractivity contribution in [3.8, 4) is 11.8 Å². The van der Waals surface area contributed by atoms with Gasteiger partial charge in [-0.2, -0.15) is 0 Å². The molecular formula is C27H38O3Si. The van der Waals surface area contributed by atoms with Crippen LogP contribution in [0.1, 0.15) is 45.6 Å². The van der Waals surface area contributed by atoms with Crippen molar-refractivity contribution in [2.45, 2.75) is 76.5 Å². The van der Waals surface area contributed by atoms with Crippen molar-refractivity contribution in [2.75, 3.05) is 0 Å². The van der Waals surface area contributed by atoms with Crippen LogP contribution in [0.3, 0.4) is 0 Å². The monoisotopic (exact) mass is 438 g/mol. The highest BCUT2D eigenvalue weighted by atomic mass is 28.4. The number of hydrogen-bond donors (Lipinski definition) is 2. The second-order valence-corrected chi connectivity index (χ2v) is 14.0. The van der Waals surface area contributed by atoms with Crippen molar-refractivity contribution >= 4 is 14.4 Å². The Balaban J connectivity index is 2.24. The molecule has 1 fully saturated rings. The van der Waals surface area contributed by atoms with E-state index in [1.807, 2.05) is 56.3 Å². The molecule has 4 heteroatoms. The molecule has 0 aliphatic heterocycles. The molecule has 1 aromatic carbocycles. The summed E-state index contributed by atoms with van der Waals surface area (Å²) in [6, 6.07) is 10.6. The van der Waals surface area contributed by atoms with E-state index in [-0.39, 0.29) is 11.8 Å². The third-order valence-corrected chi connectivity index (χ3v) is 8.38. The maximum Gasteiger partial charge on any atom is 0.192 e. The molecule has 0 amide bonds. The van der Waals surface area contributed by atoms with E-state index in [2.05, 4.69) is 38.1 Å². The van der Waals surface area contributed by atoms with E-state index in [9.17, 15) is 10.2 Å². The summed E-state index contributed by atoms with van der Waals surface area (Å²) < 4.78 is 6.47. The second kappa shape index (κ2) is 9.71. The fraction of sp³-hybridized carbons (Fsp3) is 0.481. The van der Waals surface area contributed by atoms with Crippen LogP contribution in [0.4, 0.5) is 0 Å². The van der Waals surface area contributed by atoms with Crippen molar-refractivity contribution in [3.63, 3.8) is 0 Å². The molecule has 2 rings (SSSR count). The maximum absolute atomic E-state index is 11.6. The van der Waals surface area contributed by atoms with Gasteiger partial charge in [-0.3, -0.25) is 0 Å². The molecule has 1 aliphatic rings. The van der Waals surface area contributed by atoms with E-state index in [1.54, 1.807) is 13.0 Å². The summed E-state index contributed by atoms with van der Waals surface area (Å²) in [5.74, 6) is 6.28. The fourth-order valence-electron chi connectivity index (χ4n) is 3.96. The Kier molecular flexibility index (Phi) is 7.94. The first kappa shape index (κ1) is 25.4. The Labute approximate surface area is 189 Å². The Morgan fingerprint density at radius 3 is 2.39 bits per heavy atom. The molecule has 2 N–H and O–H groups in total. The molecule has 0 radical (unpaired) electrons. The highest BCUT2D eigenvalue weighted by Crippen LogP contribution is 2.60. The van der Waals surface area contributed by atoms with Crippen LogP contribution in [0.15, 0.2) is 61.2 Å². The lowest BCUT2D eigenvalue weighted by Crippen LogP contribution is -2.52. The summed E-state index contributed by atoms with van der Waals surface area (Å²) in [5.41, 5.74) is -0.606. The van der Waals surface area contributed by atoms with E-state index >= 15 is 0 Å². The van der Waals surface area contributed by atoms with E-state index < -0.39 is 25.6 Å². The average molecular weight is 439 g/mol. The van der Waals surface area contributed by atoms with E-state index in [4.69, 9.17) is 4.43 Å². The molecule has 31 heavy (non-hydrogen) atoms. The molecule has 0 saturated heterocycles. The third kappa shape index (κ3) is 6.54. The van der Waals surface area contributed by atoms with Crippen molar-refractivity contribution in [3.05, 3.63) is 66.8 Å². The van der Waals surface area contributed by atoms with Crippen LogP contribution in [-0.4, -0.2) is 35.8 Å². The van der Waals surface area contributed by atoms with Crippen LogP contribution < -0.4 is 0 Å². The van der Waals surface area contributed by atoms with Gasteiger partial charge in [0.15, 0.2) is 8.32 Å². The summed E-state index contributed by atoms with van der Waals surface area (Å²) in [4.78, 5) is 0. The standard InChI is InChI=1S/C27H38O3Si/c1-8-21-31(6,7)30-24(26(5,29)27(19-20-27)22(2)3)15-12-17-25(4,28)18-16-23-13-10-9-11-14-23/h8-11,13-14,16,18,24,28-29H,1-2,17,19-21H2,3-7H3/b18-16+/t24-,25?,26-/m0/s1. The molecule has 0 bridgehead atoms. The SMILES string of the molecule is C=CC[Si](C)(C)O[C@@H](C#CCC(C)(O)/C=C/c1ccccc1)[C@](C)(O)C1(C(=C)C)CC1. The predicted molar refractivity (Wildman–Crippen MR) is 133 cm³/mol. The maximum atomic E-state index is 11.6. The largest absolute Gasteiger partial charge is 0.401 e. The van der Waals surface area contributed by atoms with Gasteiger partial charge in [-0.25, -0.2) is 0 Å². The minimum absolute atomic E-state index is 0.246. The lowest BCUT2D eigenvalue weighted by Gasteiger charge is -2.41. The highest BCUT2D eigenvalue weighted by Gasteiger charge is 2.60. The quantitative estimate of drug-likeness (QED) is 0.279. The lowest BCUT2D eigenvalue weighted by molar-refractivity contribution is -0.0692. The van der Waals surface area contributed by atoms with E-state index in [1.165, 1.54) is 0 Å². The van der Waals surface area contributed by atoms with Gasteiger partial charge in [0.1, 0.15) is 11.7 Å². The third-order valence-electron chi connectivity index (χ3n) is 6.23. The minimum Gasteiger partial charge on any atom is -0.401 e. The van der Waals surface area contributed by atoms with Crippen molar-refractivity contribution < 1.29 is 14.6 Å². The normalized spacial score (nSPS) is 20.1. The molecule has 0 spiro atoms. The molecule has 0 heterocycles. The summed E-state index contributed by atoms with van der Waals surface area (Å²) in [7, 11) is -2.10. The molecule has 0 aromatic heterocycles. The zero-order valence-corrected chi connectivity index (χ0v) is 20.7. The van der Waals surface area contributed by atoms with Gasteiger partial charge in [-0.15, -0.1) is 6.58 Å². The Morgan fingerprint density at radius 1 is 1.26 bits per heavy atom. The van der Waals surface area contributed by atoms with Crippen LogP contribution in [0.25, 0.3) is 6.08 Å². The Hall–Kier alpha value is -1.90. The van der Waals surface area contributed by atoms with Gasteiger partial charge in [0.25, 0.3) is 0 Å². The summed E-state index contributed by atoms with van der Waals surface area (Å²) in [6.07, 6.45) is 6.90. The fourth-order valence-corrected chi connectivity index (χ4v) is 5.68. The van der Waals surface area contributed by atoms with Crippen molar-refractivity contribution in [2.24, 2.45) is 5.41 Å². The first-order valence-electron chi connectivity index (χ1n) is 11.0. The number of hydrogen-bond acceptors (Lipinski definition) is 3. The van der Waals surface area contributed by atoms with Gasteiger partial charge < -0.3 is 14.6 Å². The minimum atomic E-state index is -2.10. The molecule has 1 aromatic rings. The van der Waals surface area contributed by atoms with E-state index in [0.29, 0.717) is 0 Å². The molecule has 1 unspecified atom stereocenters. The summed E-state index contributed by atoms with van der Waals surface area (Å²) >= 11 is 0. The number of aliphatic hydroxyl groups is 2. The van der Waals surface area contributed by atoms with E-state index in [0.717, 1.165) is 30.0 Å². The van der Waals surface area contributed by atoms with Gasteiger partial charge in [-0.1, -0.05) is 72.6 Å². The van der Waals surface area contributed by atoms with Crippen LogP contribution in [0.2, 0.25) is 19.1 Å². The van der Waals surface area contributed by atoms with Gasteiger partial charge in [0.2, 0.25) is 0 Å². The molecular weight excluding hydrogens is 400 g/mol. The Bertz CT molecular complexity index is 865. The van der Waals surface area contributed by atoms with Crippen LogP contribution in [0, 0.1) is 17.3 Å². The first-order valence-corrected chi connectivity index (χ1v) is 14.1. The van der Waals surface area contributed by atoms with Gasteiger partial charge >= 0.3 is 0 Å². The van der Waals surface area contributed by atoms with Gasteiger partial charge in [0, 0.05) is 11.8 Å². The lowest BCUT2D eigenvalue weighted by atomic mass is 9.77. The van der Waals surface area contributed by atoms with Crippen molar-refractivity contribution in [1.29, 1.82) is 0 Å². The number of benzene rings is 1. The predicted octanol–water partition coefficient (Wildman–Crippen LogP) is 5.73. The summed E-state index contributed by atoms with van der Waals surface area (Å²) in [6.45, 7) is 17.7. The molecule has 3 nitrogen and oxygen atoms in total. The zero-order valence-electron chi connectivity index (χ0n) is 19.7. The van der Waals surface area contributed by atoms with Crippen molar-refractivity contribution in [1.82, 2.24) is 0 Å². The van der Waals surface area contributed by atoms with Crippen LogP contribution in [-0.2, 0) is 4.43 Å². The number of rotatable bonds is 10. The first-order chi connectivity index (χ1) is 14.4. The van der Waals surface area contributed by atoms with Crippen LogP contribution in [0.5, 0.6) is 0 Å².